The third-order valence-electron chi connectivity index (χ3n) is 5.93. The minimum atomic E-state index is -0.236. The van der Waals surface area contributed by atoms with Crippen LogP contribution in [0.15, 0.2) is 48.1 Å². The van der Waals surface area contributed by atoms with Gasteiger partial charge in [-0.15, -0.1) is 0 Å². The zero-order valence-electron chi connectivity index (χ0n) is 18.9. The van der Waals surface area contributed by atoms with Crippen LogP contribution in [-0.2, 0) is 20.8 Å². The van der Waals surface area contributed by atoms with Crippen molar-refractivity contribution in [3.63, 3.8) is 0 Å². The summed E-state index contributed by atoms with van der Waals surface area (Å²) in [6, 6.07) is 6.61. The Balaban J connectivity index is 1.71. The highest BCUT2D eigenvalue weighted by molar-refractivity contribution is 5.90. The van der Waals surface area contributed by atoms with Gasteiger partial charge in [0.2, 0.25) is 0 Å². The molecule has 0 N–H and O–H groups in total. The Morgan fingerprint density at radius 2 is 2.00 bits per heavy atom. The molecular formula is C25H34FN3O3. The molecule has 1 aliphatic rings. The maximum absolute atomic E-state index is 13.4. The molecule has 0 bridgehead atoms. The molecule has 3 rings (SSSR count). The molecule has 0 spiro atoms. The van der Waals surface area contributed by atoms with E-state index in [1.165, 1.54) is 31.4 Å². The highest BCUT2D eigenvalue weighted by atomic mass is 19.1. The molecular weight excluding hydrogens is 409 g/mol. The van der Waals surface area contributed by atoms with Crippen LogP contribution in [0, 0.1) is 11.7 Å². The summed E-state index contributed by atoms with van der Waals surface area (Å²) in [4.78, 5) is 21.5. The molecule has 32 heavy (non-hydrogen) atoms. The smallest absolute Gasteiger partial charge is 0.305 e. The minimum Gasteiger partial charge on any atom is -0.466 e. The summed E-state index contributed by atoms with van der Waals surface area (Å²) in [6.45, 7) is 2.68. The topological polar surface area (TPSA) is 65.7 Å². The van der Waals surface area contributed by atoms with Crippen LogP contribution in [0.25, 0.3) is 0 Å². The molecule has 1 aromatic heterocycles. The van der Waals surface area contributed by atoms with Crippen molar-refractivity contribution in [2.75, 3.05) is 13.2 Å². The number of hydrogen-bond acceptors (Lipinski definition) is 5. The fourth-order valence-corrected chi connectivity index (χ4v) is 4.26. The van der Waals surface area contributed by atoms with Gasteiger partial charge in [-0.1, -0.05) is 36.6 Å². The third kappa shape index (κ3) is 7.46. The molecule has 1 fully saturated rings. The SMILES string of the molecule is CCOC(=O)CCCCO/N=C(\C1CCCCC1)C(Cc1ccc(F)cc1)n1ccnc1. The van der Waals surface area contributed by atoms with Gasteiger partial charge in [0.05, 0.1) is 24.7 Å². The van der Waals surface area contributed by atoms with E-state index in [1.807, 2.05) is 31.6 Å². The minimum absolute atomic E-state index is 0.0365. The fourth-order valence-electron chi connectivity index (χ4n) is 4.26. The van der Waals surface area contributed by atoms with Crippen LogP contribution < -0.4 is 0 Å². The molecule has 1 atom stereocenters. The molecule has 1 heterocycles. The molecule has 0 aliphatic heterocycles. The van der Waals surface area contributed by atoms with Gasteiger partial charge in [0.1, 0.15) is 12.4 Å². The molecule has 7 heteroatoms. The van der Waals surface area contributed by atoms with Crippen LogP contribution in [0.3, 0.4) is 0 Å². The van der Waals surface area contributed by atoms with E-state index in [0.29, 0.717) is 38.4 Å². The highest BCUT2D eigenvalue weighted by Crippen LogP contribution is 2.31. The number of benzene rings is 1. The van der Waals surface area contributed by atoms with Crippen molar-refractivity contribution in [3.05, 3.63) is 54.4 Å². The Morgan fingerprint density at radius 3 is 2.69 bits per heavy atom. The first-order valence-electron chi connectivity index (χ1n) is 11.7. The van der Waals surface area contributed by atoms with Gasteiger partial charge in [0, 0.05) is 24.7 Å². The lowest BCUT2D eigenvalue weighted by Crippen LogP contribution is -2.29. The van der Waals surface area contributed by atoms with Crippen molar-refractivity contribution >= 4 is 11.7 Å². The average molecular weight is 444 g/mol. The van der Waals surface area contributed by atoms with Gasteiger partial charge in [-0.25, -0.2) is 9.37 Å². The van der Waals surface area contributed by atoms with Crippen molar-refractivity contribution < 1.29 is 18.8 Å². The van der Waals surface area contributed by atoms with Crippen LogP contribution in [0.2, 0.25) is 0 Å². The summed E-state index contributed by atoms with van der Waals surface area (Å²) in [5, 5.41) is 4.65. The summed E-state index contributed by atoms with van der Waals surface area (Å²) in [5.41, 5.74) is 2.07. The van der Waals surface area contributed by atoms with Crippen molar-refractivity contribution in [2.45, 2.75) is 70.8 Å². The zero-order valence-corrected chi connectivity index (χ0v) is 18.9. The first kappa shape index (κ1) is 24.0. The van der Waals surface area contributed by atoms with Gasteiger partial charge in [-0.2, -0.15) is 0 Å². The molecule has 6 nitrogen and oxygen atoms in total. The second-order valence-electron chi connectivity index (χ2n) is 8.30. The van der Waals surface area contributed by atoms with Crippen LogP contribution in [-0.4, -0.2) is 34.4 Å². The normalized spacial score (nSPS) is 16.0. The van der Waals surface area contributed by atoms with Crippen LogP contribution in [0.5, 0.6) is 0 Å². The molecule has 1 saturated carbocycles. The lowest BCUT2D eigenvalue weighted by molar-refractivity contribution is -0.143. The number of esters is 1. The first-order chi connectivity index (χ1) is 15.7. The second-order valence-corrected chi connectivity index (χ2v) is 8.30. The summed E-state index contributed by atoms with van der Waals surface area (Å²) in [5.74, 6) is -0.0465. The molecule has 0 amide bonds. The Labute approximate surface area is 189 Å². The van der Waals surface area contributed by atoms with Crippen molar-refractivity contribution in [1.82, 2.24) is 9.55 Å². The van der Waals surface area contributed by atoms with Gasteiger partial charge >= 0.3 is 5.97 Å². The first-order valence-corrected chi connectivity index (χ1v) is 11.7. The van der Waals surface area contributed by atoms with Crippen LogP contribution in [0.1, 0.15) is 69.9 Å². The molecule has 1 unspecified atom stereocenters. The molecule has 0 radical (unpaired) electrons. The Hall–Kier alpha value is -2.70. The van der Waals surface area contributed by atoms with E-state index in [2.05, 4.69) is 14.7 Å². The Kier molecular flexibility index (Phi) is 9.72. The lowest BCUT2D eigenvalue weighted by atomic mass is 9.82. The number of oxime groups is 1. The summed E-state index contributed by atoms with van der Waals surface area (Å²) in [6.07, 6.45) is 13.9. The average Bonchev–Trinajstić information content (AvgIpc) is 3.34. The number of halogens is 1. The van der Waals surface area contributed by atoms with E-state index in [0.717, 1.165) is 30.5 Å². The van der Waals surface area contributed by atoms with Gasteiger partial charge in [-0.05, 0) is 56.7 Å². The van der Waals surface area contributed by atoms with E-state index < -0.39 is 0 Å². The van der Waals surface area contributed by atoms with Crippen molar-refractivity contribution in [3.8, 4) is 0 Å². The maximum Gasteiger partial charge on any atom is 0.305 e. The number of hydrogen-bond donors (Lipinski definition) is 0. The second kappa shape index (κ2) is 13.0. The van der Waals surface area contributed by atoms with E-state index in [-0.39, 0.29) is 17.8 Å². The molecule has 1 aliphatic carbocycles. The zero-order chi connectivity index (χ0) is 22.6. The summed E-state index contributed by atoms with van der Waals surface area (Å²) in [7, 11) is 0. The predicted octanol–water partition coefficient (Wildman–Crippen LogP) is 5.49. The highest BCUT2D eigenvalue weighted by Gasteiger charge is 2.28. The number of imidazole rings is 1. The van der Waals surface area contributed by atoms with Gasteiger partial charge in [0.25, 0.3) is 0 Å². The summed E-state index contributed by atoms with van der Waals surface area (Å²) >= 11 is 0. The monoisotopic (exact) mass is 443 g/mol. The van der Waals surface area contributed by atoms with Crippen molar-refractivity contribution in [1.29, 1.82) is 0 Å². The third-order valence-corrected chi connectivity index (χ3v) is 5.93. The summed E-state index contributed by atoms with van der Waals surface area (Å²) < 4.78 is 20.5. The maximum atomic E-state index is 13.4. The molecule has 1 aromatic carbocycles. The van der Waals surface area contributed by atoms with E-state index in [4.69, 9.17) is 9.57 Å². The van der Waals surface area contributed by atoms with E-state index in [9.17, 15) is 9.18 Å². The Morgan fingerprint density at radius 1 is 1.22 bits per heavy atom. The largest absolute Gasteiger partial charge is 0.466 e. The number of rotatable bonds is 12. The van der Waals surface area contributed by atoms with Crippen molar-refractivity contribution in [2.24, 2.45) is 11.1 Å². The van der Waals surface area contributed by atoms with Gasteiger partial charge in [0.15, 0.2) is 0 Å². The number of carbonyl (C=O) groups is 1. The fraction of sp³-hybridized carbons (Fsp3) is 0.560. The van der Waals surface area contributed by atoms with E-state index in [1.54, 1.807) is 6.20 Å². The number of ether oxygens (including phenoxy) is 1. The predicted molar refractivity (Wildman–Crippen MR) is 122 cm³/mol. The standard InChI is InChI=1S/C25H34FN3O3/c1-2-31-24(30)10-6-7-17-32-28-25(21-8-4-3-5-9-21)23(29-16-15-27-19-29)18-20-11-13-22(26)14-12-20/h11-16,19,21,23H,2-10,17-18H2,1H3/b28-25+. The molecule has 2 aromatic rings. The molecule has 0 saturated heterocycles. The number of nitrogens with zero attached hydrogens (tertiary/aromatic N) is 3. The van der Waals surface area contributed by atoms with Crippen LogP contribution in [0.4, 0.5) is 4.39 Å². The Bertz CT molecular complexity index is 831. The quantitative estimate of drug-likeness (QED) is 0.188. The number of carbonyl (C=O) groups excluding carboxylic acids is 1. The van der Waals surface area contributed by atoms with Gasteiger partial charge < -0.3 is 14.1 Å². The number of unbranched alkanes of at least 4 members (excludes halogenated alkanes) is 1. The van der Waals surface area contributed by atoms with E-state index >= 15 is 0 Å². The number of aromatic nitrogens is 2. The van der Waals surface area contributed by atoms with Gasteiger partial charge in [-0.3, -0.25) is 4.79 Å². The molecule has 174 valence electrons. The van der Waals surface area contributed by atoms with Crippen LogP contribution >= 0.6 is 0 Å². The lowest BCUT2D eigenvalue weighted by Gasteiger charge is -2.29.